The SMILES string of the molecule is CCC(=O)Nc1cc(C(=O)NCc2cnc(OCC(C)(F)F)c(C(F)(F)F)c2)ccn1. The number of aromatic nitrogens is 2. The zero-order valence-corrected chi connectivity index (χ0v) is 16.5. The highest BCUT2D eigenvalue weighted by molar-refractivity contribution is 5.96. The lowest BCUT2D eigenvalue weighted by molar-refractivity contribution is -0.140. The smallest absolute Gasteiger partial charge is 0.421 e. The summed E-state index contributed by atoms with van der Waals surface area (Å²) in [7, 11) is 0. The van der Waals surface area contributed by atoms with Gasteiger partial charge in [-0.1, -0.05) is 6.92 Å². The molecule has 0 aliphatic carbocycles. The second-order valence-electron chi connectivity index (χ2n) is 6.57. The van der Waals surface area contributed by atoms with Crippen LogP contribution < -0.4 is 15.4 Å². The Bertz CT molecular complexity index is 945. The van der Waals surface area contributed by atoms with Crippen molar-refractivity contribution < 1.29 is 36.3 Å². The number of carbonyl (C=O) groups is 2. The van der Waals surface area contributed by atoms with Gasteiger partial charge in [-0.25, -0.2) is 18.7 Å². The van der Waals surface area contributed by atoms with E-state index in [1.54, 1.807) is 6.92 Å². The summed E-state index contributed by atoms with van der Waals surface area (Å²) in [5, 5.41) is 4.90. The molecule has 0 spiro atoms. The fraction of sp³-hybridized carbons (Fsp3) is 0.368. The number of ether oxygens (including phenoxy) is 1. The lowest BCUT2D eigenvalue weighted by atomic mass is 10.1. The molecule has 0 aliphatic rings. The second-order valence-corrected chi connectivity index (χ2v) is 6.57. The molecular weight excluding hydrogens is 427 g/mol. The molecule has 31 heavy (non-hydrogen) atoms. The van der Waals surface area contributed by atoms with Crippen LogP contribution in [0.3, 0.4) is 0 Å². The van der Waals surface area contributed by atoms with E-state index in [0.29, 0.717) is 13.0 Å². The summed E-state index contributed by atoms with van der Waals surface area (Å²) in [4.78, 5) is 31.1. The fourth-order valence-electron chi connectivity index (χ4n) is 2.26. The summed E-state index contributed by atoms with van der Waals surface area (Å²) in [6.07, 6.45) is -2.41. The Morgan fingerprint density at radius 1 is 1.13 bits per heavy atom. The van der Waals surface area contributed by atoms with Gasteiger partial charge in [-0.15, -0.1) is 0 Å². The van der Waals surface area contributed by atoms with E-state index < -0.39 is 36.1 Å². The first-order chi connectivity index (χ1) is 14.4. The average Bonchev–Trinajstić information content (AvgIpc) is 2.69. The number of carbonyl (C=O) groups excluding carboxylic acids is 2. The third kappa shape index (κ3) is 7.46. The maximum Gasteiger partial charge on any atom is 0.421 e. The maximum atomic E-state index is 13.3. The third-order valence-corrected chi connectivity index (χ3v) is 3.74. The molecule has 12 heteroatoms. The number of anilines is 1. The number of halogens is 5. The molecular formula is C19H19F5N4O3. The van der Waals surface area contributed by atoms with Crippen LogP contribution >= 0.6 is 0 Å². The van der Waals surface area contributed by atoms with Crippen molar-refractivity contribution in [2.24, 2.45) is 0 Å². The van der Waals surface area contributed by atoms with Crippen LogP contribution in [-0.2, 0) is 17.5 Å². The van der Waals surface area contributed by atoms with Gasteiger partial charge in [0.15, 0.2) is 6.61 Å². The van der Waals surface area contributed by atoms with E-state index in [-0.39, 0.29) is 35.8 Å². The minimum atomic E-state index is -4.90. The van der Waals surface area contributed by atoms with Crippen LogP contribution in [0.2, 0.25) is 0 Å². The zero-order chi connectivity index (χ0) is 23.2. The Kier molecular flexibility index (Phi) is 7.47. The van der Waals surface area contributed by atoms with E-state index in [0.717, 1.165) is 6.20 Å². The standard InChI is InChI=1S/C19H19F5N4O3/c1-3-15(29)28-14-7-12(4-5-25-14)16(30)26-8-11-6-13(19(22,23)24)17(27-9-11)31-10-18(2,20)21/h4-7,9H,3,8,10H2,1-2H3,(H,26,30)(H,25,28,29). The Hall–Kier alpha value is -3.31. The largest absolute Gasteiger partial charge is 0.471 e. The van der Waals surface area contributed by atoms with Crippen molar-refractivity contribution in [1.82, 2.24) is 15.3 Å². The van der Waals surface area contributed by atoms with Gasteiger partial charge in [0, 0.05) is 37.8 Å². The lowest BCUT2D eigenvalue weighted by Gasteiger charge is -2.16. The summed E-state index contributed by atoms with van der Waals surface area (Å²) in [6, 6.07) is 3.33. The molecule has 0 saturated carbocycles. The summed E-state index contributed by atoms with van der Waals surface area (Å²) in [5.41, 5.74) is -1.24. The fourth-order valence-corrected chi connectivity index (χ4v) is 2.26. The molecule has 0 aromatic carbocycles. The first-order valence-corrected chi connectivity index (χ1v) is 9.00. The highest BCUT2D eigenvalue weighted by atomic mass is 19.4. The van der Waals surface area contributed by atoms with Crippen LogP contribution in [-0.4, -0.2) is 34.3 Å². The van der Waals surface area contributed by atoms with Crippen molar-refractivity contribution in [1.29, 1.82) is 0 Å². The van der Waals surface area contributed by atoms with Crippen molar-refractivity contribution in [3.05, 3.63) is 47.3 Å². The molecule has 2 aromatic heterocycles. The monoisotopic (exact) mass is 446 g/mol. The van der Waals surface area contributed by atoms with Crippen LogP contribution in [0.4, 0.5) is 27.8 Å². The van der Waals surface area contributed by atoms with E-state index in [2.05, 4.69) is 25.3 Å². The van der Waals surface area contributed by atoms with Gasteiger partial charge in [0.2, 0.25) is 11.8 Å². The predicted molar refractivity (Wildman–Crippen MR) is 99.7 cm³/mol. The average molecular weight is 446 g/mol. The van der Waals surface area contributed by atoms with Gasteiger partial charge in [0.1, 0.15) is 11.4 Å². The molecule has 2 N–H and O–H groups in total. The first-order valence-electron chi connectivity index (χ1n) is 9.00. The van der Waals surface area contributed by atoms with Gasteiger partial charge in [-0.05, 0) is 23.8 Å². The topological polar surface area (TPSA) is 93.2 Å². The molecule has 2 heterocycles. The van der Waals surface area contributed by atoms with Gasteiger partial charge in [0.05, 0.1) is 0 Å². The van der Waals surface area contributed by atoms with Crippen molar-refractivity contribution in [3.8, 4) is 5.88 Å². The summed E-state index contributed by atoms with van der Waals surface area (Å²) < 4.78 is 70.1. The van der Waals surface area contributed by atoms with Gasteiger partial charge in [-0.2, -0.15) is 13.2 Å². The van der Waals surface area contributed by atoms with Gasteiger partial charge in [-0.3, -0.25) is 9.59 Å². The summed E-state index contributed by atoms with van der Waals surface area (Å²) in [6.45, 7) is 0.553. The molecule has 0 unspecified atom stereocenters. The number of pyridine rings is 2. The highest BCUT2D eigenvalue weighted by Crippen LogP contribution is 2.36. The molecule has 0 radical (unpaired) electrons. The summed E-state index contributed by atoms with van der Waals surface area (Å²) >= 11 is 0. The Morgan fingerprint density at radius 2 is 1.84 bits per heavy atom. The Labute approximate surface area is 174 Å². The minimum absolute atomic E-state index is 0.0233. The number of amides is 2. The van der Waals surface area contributed by atoms with Crippen LogP contribution in [0.1, 0.15) is 41.8 Å². The van der Waals surface area contributed by atoms with Crippen molar-refractivity contribution in [3.63, 3.8) is 0 Å². The number of nitrogens with zero attached hydrogens (tertiary/aromatic N) is 2. The normalized spacial score (nSPS) is 11.7. The maximum absolute atomic E-state index is 13.3. The first kappa shape index (κ1) is 24.0. The van der Waals surface area contributed by atoms with E-state index in [1.807, 2.05) is 0 Å². The molecule has 7 nitrogen and oxygen atoms in total. The molecule has 2 amide bonds. The van der Waals surface area contributed by atoms with Gasteiger partial charge < -0.3 is 15.4 Å². The molecule has 0 atom stereocenters. The Morgan fingerprint density at radius 3 is 2.45 bits per heavy atom. The van der Waals surface area contributed by atoms with E-state index in [1.165, 1.54) is 18.3 Å². The molecule has 0 saturated heterocycles. The molecule has 0 bridgehead atoms. The van der Waals surface area contributed by atoms with E-state index >= 15 is 0 Å². The lowest BCUT2D eigenvalue weighted by Crippen LogP contribution is -2.25. The van der Waals surface area contributed by atoms with Crippen LogP contribution in [0.15, 0.2) is 30.6 Å². The van der Waals surface area contributed by atoms with E-state index in [9.17, 15) is 31.5 Å². The summed E-state index contributed by atoms with van der Waals surface area (Å²) in [5.74, 6) is -5.10. The second kappa shape index (κ2) is 9.67. The molecule has 0 aliphatic heterocycles. The molecule has 2 rings (SSSR count). The number of hydrogen-bond donors (Lipinski definition) is 2. The van der Waals surface area contributed by atoms with Gasteiger partial charge >= 0.3 is 6.18 Å². The van der Waals surface area contributed by atoms with Crippen molar-refractivity contribution in [2.75, 3.05) is 11.9 Å². The van der Waals surface area contributed by atoms with Gasteiger partial charge in [0.25, 0.3) is 11.8 Å². The minimum Gasteiger partial charge on any atom is -0.471 e. The van der Waals surface area contributed by atoms with Crippen LogP contribution in [0.5, 0.6) is 5.88 Å². The quantitative estimate of drug-likeness (QED) is 0.602. The van der Waals surface area contributed by atoms with E-state index in [4.69, 9.17) is 0 Å². The molecule has 0 fully saturated rings. The number of nitrogens with one attached hydrogen (secondary N) is 2. The molecule has 168 valence electrons. The molecule has 2 aromatic rings. The predicted octanol–water partition coefficient (Wildman–Crippen LogP) is 3.81. The number of alkyl halides is 5. The third-order valence-electron chi connectivity index (χ3n) is 3.74. The Balaban J connectivity index is 2.12. The zero-order valence-electron chi connectivity index (χ0n) is 16.5. The highest BCUT2D eigenvalue weighted by Gasteiger charge is 2.36. The van der Waals surface area contributed by atoms with Crippen molar-refractivity contribution >= 4 is 17.6 Å². The number of hydrogen-bond acceptors (Lipinski definition) is 5. The van der Waals surface area contributed by atoms with Crippen molar-refractivity contribution in [2.45, 2.75) is 38.9 Å². The van der Waals surface area contributed by atoms with Crippen LogP contribution in [0.25, 0.3) is 0 Å². The van der Waals surface area contributed by atoms with Crippen LogP contribution in [0, 0.1) is 0 Å². The number of rotatable bonds is 8.